The molecular formula is C13H11F3N2O2. The van der Waals surface area contributed by atoms with E-state index in [1.807, 2.05) is 0 Å². The third-order valence-corrected chi connectivity index (χ3v) is 2.80. The van der Waals surface area contributed by atoms with Crippen molar-refractivity contribution in [1.82, 2.24) is 9.78 Å². The fourth-order valence-corrected chi connectivity index (χ4v) is 1.95. The summed E-state index contributed by atoms with van der Waals surface area (Å²) in [6, 6.07) is 1.53. The van der Waals surface area contributed by atoms with Gasteiger partial charge < -0.3 is 5.11 Å². The fourth-order valence-electron chi connectivity index (χ4n) is 1.95. The molecular weight excluding hydrogens is 273 g/mol. The maximum Gasteiger partial charge on any atom is 0.339 e. The summed E-state index contributed by atoms with van der Waals surface area (Å²) in [5.41, 5.74) is 0.144. The molecule has 1 N–H and O–H groups in total. The van der Waals surface area contributed by atoms with Crippen LogP contribution >= 0.6 is 0 Å². The van der Waals surface area contributed by atoms with Crippen LogP contribution in [0.15, 0.2) is 18.3 Å². The van der Waals surface area contributed by atoms with E-state index in [0.717, 1.165) is 23.0 Å². The van der Waals surface area contributed by atoms with Crippen LogP contribution in [0.2, 0.25) is 0 Å². The normalized spacial score (nSPS) is 11.1. The number of nitrogens with zero attached hydrogens (tertiary/aromatic N) is 2. The van der Waals surface area contributed by atoms with Gasteiger partial charge in [-0.25, -0.2) is 22.6 Å². The van der Waals surface area contributed by atoms with Crippen LogP contribution in [0.1, 0.15) is 35.8 Å². The Hall–Kier alpha value is -2.31. The Kier molecular flexibility index (Phi) is 3.52. The number of aromatic nitrogens is 2. The standard InChI is InChI=1S/C13H11F3N2O2/c1-6(2)12-8(13(19)20)5-17-18(12)7-3-9(14)11(16)10(15)4-7/h3-6H,1-2H3,(H,19,20). The van der Waals surface area contributed by atoms with Crippen molar-refractivity contribution in [3.05, 3.63) is 47.0 Å². The fraction of sp³-hybridized carbons (Fsp3) is 0.231. The van der Waals surface area contributed by atoms with Gasteiger partial charge in [0.2, 0.25) is 0 Å². The monoisotopic (exact) mass is 284 g/mol. The highest BCUT2D eigenvalue weighted by atomic mass is 19.2. The molecule has 0 aliphatic heterocycles. The van der Waals surface area contributed by atoms with Gasteiger partial charge in [0.15, 0.2) is 17.5 Å². The number of carbonyl (C=O) groups is 1. The van der Waals surface area contributed by atoms with E-state index in [1.165, 1.54) is 0 Å². The Morgan fingerprint density at radius 3 is 2.25 bits per heavy atom. The van der Waals surface area contributed by atoms with Gasteiger partial charge in [0, 0.05) is 12.1 Å². The first-order chi connectivity index (χ1) is 9.32. The van der Waals surface area contributed by atoms with E-state index in [-0.39, 0.29) is 22.9 Å². The van der Waals surface area contributed by atoms with Gasteiger partial charge in [-0.05, 0) is 5.92 Å². The minimum Gasteiger partial charge on any atom is -0.478 e. The van der Waals surface area contributed by atoms with E-state index in [2.05, 4.69) is 5.10 Å². The maximum absolute atomic E-state index is 13.3. The van der Waals surface area contributed by atoms with Crippen LogP contribution in [0, 0.1) is 17.5 Å². The molecule has 0 fully saturated rings. The number of carboxylic acid groups (broad SMARTS) is 1. The van der Waals surface area contributed by atoms with Gasteiger partial charge >= 0.3 is 5.97 Å². The molecule has 0 atom stereocenters. The van der Waals surface area contributed by atoms with Crippen molar-refractivity contribution in [2.45, 2.75) is 19.8 Å². The van der Waals surface area contributed by atoms with Gasteiger partial charge in [0.05, 0.1) is 17.6 Å². The lowest BCUT2D eigenvalue weighted by Crippen LogP contribution is -2.09. The predicted octanol–water partition coefficient (Wildman–Crippen LogP) is 3.11. The Labute approximate surface area is 112 Å². The lowest BCUT2D eigenvalue weighted by Gasteiger charge is -2.12. The minimum absolute atomic E-state index is 0.0647. The second-order valence-electron chi connectivity index (χ2n) is 4.54. The van der Waals surface area contributed by atoms with Crippen molar-refractivity contribution >= 4 is 5.97 Å². The number of aromatic carboxylic acids is 1. The molecule has 1 heterocycles. The van der Waals surface area contributed by atoms with Crippen LogP contribution in [0.3, 0.4) is 0 Å². The molecule has 0 bridgehead atoms. The zero-order valence-corrected chi connectivity index (χ0v) is 10.7. The first-order valence-corrected chi connectivity index (χ1v) is 5.79. The van der Waals surface area contributed by atoms with E-state index in [0.29, 0.717) is 0 Å². The molecule has 0 saturated heterocycles. The Morgan fingerprint density at radius 2 is 1.80 bits per heavy atom. The quantitative estimate of drug-likeness (QED) is 0.881. The molecule has 7 heteroatoms. The van der Waals surface area contributed by atoms with Crippen LogP contribution in [-0.4, -0.2) is 20.9 Å². The number of rotatable bonds is 3. The largest absolute Gasteiger partial charge is 0.478 e. The Balaban J connectivity index is 2.67. The second kappa shape index (κ2) is 4.99. The van der Waals surface area contributed by atoms with Crippen molar-refractivity contribution in [3.8, 4) is 5.69 Å². The van der Waals surface area contributed by atoms with E-state index < -0.39 is 23.4 Å². The van der Waals surface area contributed by atoms with Gasteiger partial charge in [0.25, 0.3) is 0 Å². The average molecular weight is 284 g/mol. The molecule has 0 aliphatic rings. The molecule has 2 aromatic rings. The summed E-state index contributed by atoms with van der Waals surface area (Å²) >= 11 is 0. The van der Waals surface area contributed by atoms with Crippen molar-refractivity contribution in [2.75, 3.05) is 0 Å². The predicted molar refractivity (Wildman–Crippen MR) is 64.5 cm³/mol. The van der Waals surface area contributed by atoms with Gasteiger partial charge in [-0.15, -0.1) is 0 Å². The van der Waals surface area contributed by atoms with Crippen molar-refractivity contribution < 1.29 is 23.1 Å². The average Bonchev–Trinajstić information content (AvgIpc) is 2.80. The van der Waals surface area contributed by atoms with E-state index in [4.69, 9.17) is 5.11 Å². The highest BCUT2D eigenvalue weighted by Crippen LogP contribution is 2.24. The molecule has 106 valence electrons. The summed E-state index contributed by atoms with van der Waals surface area (Å²) in [7, 11) is 0. The summed E-state index contributed by atoms with van der Waals surface area (Å²) in [4.78, 5) is 11.1. The van der Waals surface area contributed by atoms with Crippen LogP contribution < -0.4 is 0 Å². The van der Waals surface area contributed by atoms with Crippen LogP contribution in [0.4, 0.5) is 13.2 Å². The third kappa shape index (κ3) is 2.26. The maximum atomic E-state index is 13.3. The van der Waals surface area contributed by atoms with Crippen molar-refractivity contribution in [1.29, 1.82) is 0 Å². The summed E-state index contributed by atoms with van der Waals surface area (Å²) < 4.78 is 40.5. The van der Waals surface area contributed by atoms with E-state index >= 15 is 0 Å². The Bertz CT molecular complexity index is 657. The zero-order chi connectivity index (χ0) is 15.0. The van der Waals surface area contributed by atoms with Gasteiger partial charge in [-0.3, -0.25) is 0 Å². The highest BCUT2D eigenvalue weighted by Gasteiger charge is 2.21. The molecule has 0 spiro atoms. The van der Waals surface area contributed by atoms with E-state index in [1.54, 1.807) is 13.8 Å². The van der Waals surface area contributed by atoms with Crippen LogP contribution in [0.5, 0.6) is 0 Å². The first-order valence-electron chi connectivity index (χ1n) is 5.79. The van der Waals surface area contributed by atoms with Crippen LogP contribution in [-0.2, 0) is 0 Å². The molecule has 0 saturated carbocycles. The molecule has 2 rings (SSSR count). The first kappa shape index (κ1) is 14.1. The van der Waals surface area contributed by atoms with Crippen molar-refractivity contribution in [2.24, 2.45) is 0 Å². The molecule has 0 amide bonds. The molecule has 0 radical (unpaired) electrons. The lowest BCUT2D eigenvalue weighted by molar-refractivity contribution is 0.0695. The lowest BCUT2D eigenvalue weighted by atomic mass is 10.1. The summed E-state index contributed by atoms with van der Waals surface area (Å²) in [5, 5.41) is 12.9. The minimum atomic E-state index is -1.58. The van der Waals surface area contributed by atoms with Crippen LogP contribution in [0.25, 0.3) is 5.69 Å². The highest BCUT2D eigenvalue weighted by molar-refractivity contribution is 5.89. The molecule has 4 nitrogen and oxygen atoms in total. The molecule has 1 aromatic carbocycles. The smallest absolute Gasteiger partial charge is 0.339 e. The number of benzene rings is 1. The number of halogens is 3. The van der Waals surface area contributed by atoms with Crippen molar-refractivity contribution in [3.63, 3.8) is 0 Å². The molecule has 20 heavy (non-hydrogen) atoms. The SMILES string of the molecule is CC(C)c1c(C(=O)O)cnn1-c1cc(F)c(F)c(F)c1. The number of carboxylic acids is 1. The van der Waals surface area contributed by atoms with Gasteiger partial charge in [0.1, 0.15) is 5.56 Å². The van der Waals surface area contributed by atoms with E-state index in [9.17, 15) is 18.0 Å². The van der Waals surface area contributed by atoms with Gasteiger partial charge in [-0.2, -0.15) is 5.10 Å². The Morgan fingerprint density at radius 1 is 1.25 bits per heavy atom. The molecule has 0 unspecified atom stereocenters. The van der Waals surface area contributed by atoms with Gasteiger partial charge in [-0.1, -0.05) is 13.8 Å². The summed E-state index contributed by atoms with van der Waals surface area (Å²) in [6.07, 6.45) is 1.09. The third-order valence-electron chi connectivity index (χ3n) is 2.80. The number of hydrogen-bond donors (Lipinski definition) is 1. The topological polar surface area (TPSA) is 55.1 Å². The zero-order valence-electron chi connectivity index (χ0n) is 10.7. The number of hydrogen-bond acceptors (Lipinski definition) is 2. The summed E-state index contributed by atoms with van der Waals surface area (Å²) in [5.74, 6) is -5.74. The summed E-state index contributed by atoms with van der Waals surface area (Å²) in [6.45, 7) is 3.44. The molecule has 1 aromatic heterocycles. The molecule has 0 aliphatic carbocycles. The second-order valence-corrected chi connectivity index (χ2v) is 4.54.